The van der Waals surface area contributed by atoms with Crippen molar-refractivity contribution in [3.63, 3.8) is 0 Å². The van der Waals surface area contributed by atoms with Gasteiger partial charge in [-0.15, -0.1) is 0 Å². The second-order valence-corrected chi connectivity index (χ2v) is 10.8. The highest BCUT2D eigenvalue weighted by molar-refractivity contribution is 7.92. The molecule has 2 aromatic rings. The molecule has 2 aromatic carbocycles. The summed E-state index contributed by atoms with van der Waals surface area (Å²) < 4.78 is 46.1. The molecule has 172 valence electrons. The van der Waals surface area contributed by atoms with Crippen LogP contribution in [0.2, 0.25) is 5.02 Å². The number of rotatable bonds is 6. The van der Waals surface area contributed by atoms with Gasteiger partial charge in [-0.2, -0.15) is 0 Å². The highest BCUT2D eigenvalue weighted by atomic mass is 35.5. The molecule has 10 heteroatoms. The van der Waals surface area contributed by atoms with Crippen LogP contribution >= 0.6 is 11.6 Å². The maximum atomic E-state index is 13.1. The Morgan fingerprint density at radius 3 is 2.28 bits per heavy atom. The van der Waals surface area contributed by atoms with E-state index in [1.165, 1.54) is 13.0 Å². The van der Waals surface area contributed by atoms with Gasteiger partial charge in [0.05, 0.1) is 21.9 Å². The van der Waals surface area contributed by atoms with Gasteiger partial charge in [-0.05, 0) is 57.8 Å². The molecule has 0 saturated carbocycles. The lowest BCUT2D eigenvalue weighted by molar-refractivity contribution is -0.142. The molecule has 1 heterocycles. The topological polar surface area (TPSA) is 90.9 Å². The maximum Gasteiger partial charge on any atom is 0.495 e. The van der Waals surface area contributed by atoms with Crippen LogP contribution < -0.4 is 10.2 Å². The molecular formula is C22H27BClNO6S. The van der Waals surface area contributed by atoms with Gasteiger partial charge in [-0.1, -0.05) is 35.9 Å². The first-order valence-corrected chi connectivity index (χ1v) is 12.0. The van der Waals surface area contributed by atoms with Crippen molar-refractivity contribution in [3.8, 4) is 0 Å². The minimum Gasteiger partial charge on any atom is -0.461 e. The second kappa shape index (κ2) is 8.70. The summed E-state index contributed by atoms with van der Waals surface area (Å²) in [4.78, 5) is 11.0. The Morgan fingerprint density at radius 2 is 1.69 bits per heavy atom. The number of hydrogen-bond acceptors (Lipinski definition) is 6. The van der Waals surface area contributed by atoms with Crippen LogP contribution in [0.25, 0.3) is 0 Å². The number of benzene rings is 2. The van der Waals surface area contributed by atoms with E-state index in [0.717, 1.165) is 5.46 Å². The molecule has 1 fully saturated rings. The average Bonchev–Trinajstić information content (AvgIpc) is 2.89. The molecule has 0 atom stereocenters. The van der Waals surface area contributed by atoms with Crippen molar-refractivity contribution in [3.05, 3.63) is 52.5 Å². The molecule has 0 unspecified atom stereocenters. The van der Waals surface area contributed by atoms with Crippen LogP contribution in [0, 0.1) is 6.92 Å². The van der Waals surface area contributed by atoms with Gasteiger partial charge in [-0.25, -0.2) is 8.42 Å². The highest BCUT2D eigenvalue weighted by Crippen LogP contribution is 2.37. The third-order valence-corrected chi connectivity index (χ3v) is 7.86. The number of ether oxygens (including phenoxy) is 1. The number of nitrogens with one attached hydrogen (secondary N) is 1. The zero-order valence-corrected chi connectivity index (χ0v) is 20.6. The zero-order valence-electron chi connectivity index (χ0n) is 19.0. The van der Waals surface area contributed by atoms with E-state index in [0.29, 0.717) is 16.8 Å². The Hall–Kier alpha value is -2.07. The second-order valence-electron chi connectivity index (χ2n) is 8.72. The van der Waals surface area contributed by atoms with E-state index in [2.05, 4.69) is 4.72 Å². The molecule has 0 radical (unpaired) electrons. The smallest absolute Gasteiger partial charge is 0.461 e. The van der Waals surface area contributed by atoms with Crippen LogP contribution in [-0.2, 0) is 35.5 Å². The van der Waals surface area contributed by atoms with E-state index >= 15 is 0 Å². The number of esters is 1. The van der Waals surface area contributed by atoms with Crippen molar-refractivity contribution in [2.24, 2.45) is 0 Å². The Morgan fingerprint density at radius 1 is 1.09 bits per heavy atom. The summed E-state index contributed by atoms with van der Waals surface area (Å²) in [5, 5.41) is 0.000941. The van der Waals surface area contributed by atoms with E-state index in [-0.39, 0.29) is 16.5 Å². The summed E-state index contributed by atoms with van der Waals surface area (Å²) >= 11 is 6.33. The fourth-order valence-electron chi connectivity index (χ4n) is 3.24. The molecule has 0 aromatic heterocycles. The number of hydrogen-bond donors (Lipinski definition) is 1. The monoisotopic (exact) mass is 479 g/mol. The van der Waals surface area contributed by atoms with Gasteiger partial charge in [0.1, 0.15) is 11.5 Å². The molecule has 7 nitrogen and oxygen atoms in total. The van der Waals surface area contributed by atoms with Crippen LogP contribution in [0.4, 0.5) is 5.69 Å². The molecule has 0 bridgehead atoms. The molecule has 32 heavy (non-hydrogen) atoms. The summed E-state index contributed by atoms with van der Waals surface area (Å²) in [6.07, 6.45) is 0. The first-order chi connectivity index (χ1) is 14.7. The van der Waals surface area contributed by atoms with E-state index < -0.39 is 34.3 Å². The van der Waals surface area contributed by atoms with Crippen LogP contribution in [-0.4, -0.2) is 32.7 Å². The zero-order chi connectivity index (χ0) is 23.9. The minimum absolute atomic E-state index is 0.000941. The molecule has 3 rings (SSSR count). The summed E-state index contributed by atoms with van der Waals surface area (Å²) in [7, 11) is -4.64. The average molecular weight is 480 g/mol. The van der Waals surface area contributed by atoms with E-state index in [4.69, 9.17) is 25.6 Å². The fourth-order valence-corrected chi connectivity index (χ4v) is 4.97. The molecular weight excluding hydrogens is 453 g/mol. The molecule has 1 N–H and O–H groups in total. The van der Waals surface area contributed by atoms with Crippen LogP contribution in [0.3, 0.4) is 0 Å². The summed E-state index contributed by atoms with van der Waals surface area (Å²) in [5.74, 6) is -0.484. The van der Waals surface area contributed by atoms with Crippen LogP contribution in [0.5, 0.6) is 0 Å². The van der Waals surface area contributed by atoms with Crippen LogP contribution in [0.1, 0.15) is 45.7 Å². The normalized spacial score (nSPS) is 17.3. The summed E-state index contributed by atoms with van der Waals surface area (Å²) in [5.41, 5.74) is 1.16. The van der Waals surface area contributed by atoms with Gasteiger partial charge in [0.25, 0.3) is 10.0 Å². The molecule has 0 aliphatic carbocycles. The van der Waals surface area contributed by atoms with E-state index in [9.17, 15) is 13.2 Å². The Bertz CT molecular complexity index is 1130. The standard InChI is InChI=1S/C22H27BClNO6S/c1-14-17(23-30-21(3,4)22(5,6)31-23)10-8-11-18(14)25-32(27,28)19-12-7-9-16(20(19)24)13-29-15(2)26/h7-12,25H,13H2,1-6H3. The van der Waals surface area contributed by atoms with Gasteiger partial charge < -0.3 is 14.0 Å². The van der Waals surface area contributed by atoms with E-state index in [1.807, 2.05) is 33.8 Å². The summed E-state index contributed by atoms with van der Waals surface area (Å²) in [6.45, 7) is 10.8. The Balaban J connectivity index is 1.91. The van der Waals surface area contributed by atoms with Crippen molar-refractivity contribution in [2.45, 2.75) is 64.2 Å². The predicted octanol–water partition coefficient (Wildman–Crippen LogP) is 3.81. The van der Waals surface area contributed by atoms with Crippen molar-refractivity contribution in [1.82, 2.24) is 0 Å². The molecule has 0 amide bonds. The molecule has 1 aliphatic rings. The molecule has 1 aliphatic heterocycles. The van der Waals surface area contributed by atoms with Crippen molar-refractivity contribution in [2.75, 3.05) is 4.72 Å². The van der Waals surface area contributed by atoms with E-state index in [1.54, 1.807) is 31.2 Å². The van der Waals surface area contributed by atoms with Gasteiger partial charge >= 0.3 is 13.1 Å². The van der Waals surface area contributed by atoms with Crippen LogP contribution in [0.15, 0.2) is 41.3 Å². The van der Waals surface area contributed by atoms with Crippen molar-refractivity contribution in [1.29, 1.82) is 0 Å². The lowest BCUT2D eigenvalue weighted by Gasteiger charge is -2.32. The SMILES string of the molecule is CC(=O)OCc1cccc(S(=O)(=O)Nc2cccc(B3OC(C)(C)C(C)(C)O3)c2C)c1Cl. The quantitative estimate of drug-likeness (QED) is 0.500. The first-order valence-electron chi connectivity index (χ1n) is 10.1. The Kier molecular flexibility index (Phi) is 6.68. The highest BCUT2D eigenvalue weighted by Gasteiger charge is 2.52. The molecule has 1 saturated heterocycles. The lowest BCUT2D eigenvalue weighted by atomic mass is 9.76. The third-order valence-electron chi connectivity index (χ3n) is 5.89. The third kappa shape index (κ3) is 4.81. The predicted molar refractivity (Wildman–Crippen MR) is 125 cm³/mol. The van der Waals surface area contributed by atoms with Gasteiger partial charge in [-0.3, -0.25) is 9.52 Å². The van der Waals surface area contributed by atoms with Crippen molar-refractivity contribution >= 4 is 45.9 Å². The van der Waals surface area contributed by atoms with Gasteiger partial charge in [0.2, 0.25) is 0 Å². The number of halogens is 1. The van der Waals surface area contributed by atoms with Gasteiger partial charge in [0.15, 0.2) is 0 Å². The molecule has 0 spiro atoms. The maximum absolute atomic E-state index is 13.1. The lowest BCUT2D eigenvalue weighted by Crippen LogP contribution is -2.41. The Labute approximate surface area is 194 Å². The first kappa shape index (κ1) is 24.6. The largest absolute Gasteiger partial charge is 0.495 e. The minimum atomic E-state index is -4.02. The van der Waals surface area contributed by atoms with Gasteiger partial charge in [0, 0.05) is 12.5 Å². The summed E-state index contributed by atoms with van der Waals surface area (Å²) in [6, 6.07) is 9.81. The number of sulfonamides is 1. The number of carbonyl (C=O) groups excluding carboxylic acids is 1. The fraction of sp³-hybridized carbons (Fsp3) is 0.409. The number of carbonyl (C=O) groups is 1. The number of anilines is 1. The van der Waals surface area contributed by atoms with Crippen molar-refractivity contribution < 1.29 is 27.3 Å².